The van der Waals surface area contributed by atoms with Crippen molar-refractivity contribution < 1.29 is 4.79 Å². The highest BCUT2D eigenvalue weighted by Gasteiger charge is 2.34. The Morgan fingerprint density at radius 2 is 2.20 bits per heavy atom. The molecule has 1 amide bonds. The zero-order valence-corrected chi connectivity index (χ0v) is 8.53. The molecule has 0 radical (unpaired) electrons. The Kier molecular flexibility index (Phi) is 2.42. The Bertz CT molecular complexity index is 433. The highest BCUT2D eigenvalue weighted by atomic mass is 16.1. The molecule has 2 rings (SSSR count). The summed E-state index contributed by atoms with van der Waals surface area (Å²) in [6.45, 7) is 2.00. The van der Waals surface area contributed by atoms with Gasteiger partial charge in [0.25, 0.3) is 0 Å². The number of fused-ring (bicyclic) bond motifs is 1. The third kappa shape index (κ3) is 1.48. The predicted molar refractivity (Wildman–Crippen MR) is 57.2 cm³/mol. The largest absolute Gasteiger partial charge is 0.325 e. The van der Waals surface area contributed by atoms with E-state index in [1.54, 1.807) is 0 Å². The van der Waals surface area contributed by atoms with Crippen LogP contribution < -0.4 is 5.32 Å². The molecule has 1 aliphatic heterocycles. The van der Waals surface area contributed by atoms with Crippen molar-refractivity contribution in [2.75, 3.05) is 5.32 Å². The van der Waals surface area contributed by atoms with Crippen molar-refractivity contribution in [2.24, 2.45) is 5.92 Å². The number of amides is 1. The zero-order valence-electron chi connectivity index (χ0n) is 8.53. The van der Waals surface area contributed by atoms with Gasteiger partial charge < -0.3 is 5.32 Å². The van der Waals surface area contributed by atoms with Crippen LogP contribution in [-0.4, -0.2) is 5.91 Å². The Hall–Kier alpha value is -1.82. The Labute approximate surface area is 88.7 Å². The molecular weight excluding hydrogens is 188 g/mol. The second-order valence-electron chi connectivity index (χ2n) is 3.70. The van der Waals surface area contributed by atoms with E-state index in [-0.39, 0.29) is 11.8 Å². The van der Waals surface area contributed by atoms with E-state index in [1.807, 2.05) is 31.2 Å². The van der Waals surface area contributed by atoms with Gasteiger partial charge in [0, 0.05) is 11.6 Å². The summed E-state index contributed by atoms with van der Waals surface area (Å²) in [4.78, 5) is 11.6. The highest BCUT2D eigenvalue weighted by Crippen LogP contribution is 2.37. The van der Waals surface area contributed by atoms with E-state index in [1.165, 1.54) is 0 Å². The van der Waals surface area contributed by atoms with Crippen LogP contribution in [0.5, 0.6) is 0 Å². The van der Waals surface area contributed by atoms with E-state index < -0.39 is 5.92 Å². The molecule has 2 atom stereocenters. The molecule has 0 saturated heterocycles. The summed E-state index contributed by atoms with van der Waals surface area (Å²) in [5.74, 6) is -0.701. The normalized spacial score (nSPS) is 23.9. The van der Waals surface area contributed by atoms with Crippen LogP contribution in [0, 0.1) is 17.2 Å². The molecule has 76 valence electrons. The van der Waals surface area contributed by atoms with Gasteiger partial charge in [-0.05, 0) is 18.1 Å². The first-order valence-electron chi connectivity index (χ1n) is 5.07. The summed E-state index contributed by atoms with van der Waals surface area (Å²) in [7, 11) is 0. The molecule has 3 heteroatoms. The van der Waals surface area contributed by atoms with Gasteiger partial charge in [-0.25, -0.2) is 0 Å². The molecule has 1 aliphatic rings. The topological polar surface area (TPSA) is 52.9 Å². The summed E-state index contributed by atoms with van der Waals surface area (Å²) in [5.41, 5.74) is 1.92. The molecule has 0 fully saturated rings. The minimum atomic E-state index is -0.551. The number of hydrogen-bond donors (Lipinski definition) is 1. The quantitative estimate of drug-likeness (QED) is 0.756. The second kappa shape index (κ2) is 3.74. The van der Waals surface area contributed by atoms with Gasteiger partial charge >= 0.3 is 0 Å². The van der Waals surface area contributed by atoms with Crippen LogP contribution in [0.25, 0.3) is 0 Å². The lowest BCUT2D eigenvalue weighted by molar-refractivity contribution is -0.119. The number of nitrogens with zero attached hydrogens (tertiary/aromatic N) is 1. The van der Waals surface area contributed by atoms with E-state index >= 15 is 0 Å². The van der Waals surface area contributed by atoms with Crippen LogP contribution in [0.3, 0.4) is 0 Å². The number of carbonyl (C=O) groups is 1. The maximum atomic E-state index is 11.6. The molecule has 1 heterocycles. The maximum absolute atomic E-state index is 11.6. The van der Waals surface area contributed by atoms with Crippen molar-refractivity contribution in [1.82, 2.24) is 0 Å². The molecule has 0 spiro atoms. The molecule has 0 bridgehead atoms. The van der Waals surface area contributed by atoms with Crippen molar-refractivity contribution in [3.63, 3.8) is 0 Å². The van der Waals surface area contributed by atoms with Crippen LogP contribution >= 0.6 is 0 Å². The lowest BCUT2D eigenvalue weighted by atomic mass is 9.81. The number of hydrogen-bond acceptors (Lipinski definition) is 2. The van der Waals surface area contributed by atoms with Crippen molar-refractivity contribution in [1.29, 1.82) is 5.26 Å². The Morgan fingerprint density at radius 3 is 2.87 bits per heavy atom. The molecule has 1 aromatic rings. The fourth-order valence-corrected chi connectivity index (χ4v) is 2.11. The fourth-order valence-electron chi connectivity index (χ4n) is 2.11. The van der Waals surface area contributed by atoms with Gasteiger partial charge in [-0.3, -0.25) is 4.79 Å². The summed E-state index contributed by atoms with van der Waals surface area (Å²) >= 11 is 0. The number of para-hydroxylation sites is 1. The predicted octanol–water partition coefficient (Wildman–Crippen LogP) is 2.27. The number of rotatable bonds is 1. The van der Waals surface area contributed by atoms with Gasteiger partial charge in [0.05, 0.1) is 6.07 Å². The maximum Gasteiger partial charge on any atom is 0.242 e. The third-order valence-corrected chi connectivity index (χ3v) is 2.88. The smallest absolute Gasteiger partial charge is 0.242 e. The lowest BCUT2D eigenvalue weighted by Gasteiger charge is -2.28. The molecular formula is C12H12N2O. The van der Waals surface area contributed by atoms with Crippen molar-refractivity contribution in [2.45, 2.75) is 19.3 Å². The molecule has 2 unspecified atom stereocenters. The van der Waals surface area contributed by atoms with Crippen LogP contribution in [0.2, 0.25) is 0 Å². The molecule has 15 heavy (non-hydrogen) atoms. The van der Waals surface area contributed by atoms with Crippen LogP contribution in [0.15, 0.2) is 24.3 Å². The standard InChI is InChI=1S/C12H12N2O/c1-2-8-9-5-3-4-6-11(9)14-12(15)10(8)7-13/h3-6,8,10H,2H2,1H3,(H,14,15). The van der Waals surface area contributed by atoms with Gasteiger partial charge in [0.1, 0.15) is 5.92 Å². The highest BCUT2D eigenvalue weighted by molar-refractivity contribution is 5.98. The van der Waals surface area contributed by atoms with E-state index in [0.29, 0.717) is 0 Å². The van der Waals surface area contributed by atoms with Crippen LogP contribution in [-0.2, 0) is 4.79 Å². The van der Waals surface area contributed by atoms with Gasteiger partial charge in [0.2, 0.25) is 5.91 Å². The lowest BCUT2D eigenvalue weighted by Crippen LogP contribution is -2.32. The Balaban J connectivity index is 2.50. The van der Waals surface area contributed by atoms with Gasteiger partial charge in [0.15, 0.2) is 0 Å². The van der Waals surface area contributed by atoms with Gasteiger partial charge in [-0.15, -0.1) is 0 Å². The number of anilines is 1. The van der Waals surface area contributed by atoms with Crippen molar-refractivity contribution in [3.05, 3.63) is 29.8 Å². The number of nitriles is 1. The van der Waals surface area contributed by atoms with Crippen molar-refractivity contribution >= 4 is 11.6 Å². The van der Waals surface area contributed by atoms with Gasteiger partial charge in [-0.1, -0.05) is 25.1 Å². The summed E-state index contributed by atoms with van der Waals surface area (Å²) in [6.07, 6.45) is 0.808. The first kappa shape index (κ1) is 9.72. The summed E-state index contributed by atoms with van der Waals surface area (Å²) in [6, 6.07) is 9.77. The second-order valence-corrected chi connectivity index (χ2v) is 3.70. The van der Waals surface area contributed by atoms with E-state index in [0.717, 1.165) is 17.7 Å². The monoisotopic (exact) mass is 200 g/mol. The Morgan fingerprint density at radius 1 is 1.47 bits per heavy atom. The zero-order chi connectivity index (χ0) is 10.8. The third-order valence-electron chi connectivity index (χ3n) is 2.88. The minimum absolute atomic E-state index is 0.0277. The first-order valence-corrected chi connectivity index (χ1v) is 5.07. The minimum Gasteiger partial charge on any atom is -0.325 e. The molecule has 0 saturated carbocycles. The molecule has 0 aliphatic carbocycles. The van der Waals surface area contributed by atoms with E-state index in [9.17, 15) is 4.79 Å². The van der Waals surface area contributed by atoms with Gasteiger partial charge in [-0.2, -0.15) is 5.26 Å². The average molecular weight is 200 g/mol. The molecule has 0 aromatic heterocycles. The van der Waals surface area contributed by atoms with E-state index in [4.69, 9.17) is 5.26 Å². The molecule has 3 nitrogen and oxygen atoms in total. The summed E-state index contributed by atoms with van der Waals surface area (Å²) < 4.78 is 0. The SMILES string of the molecule is CCC1c2ccccc2NC(=O)C1C#N. The van der Waals surface area contributed by atoms with Crippen LogP contribution in [0.4, 0.5) is 5.69 Å². The van der Waals surface area contributed by atoms with Crippen LogP contribution in [0.1, 0.15) is 24.8 Å². The number of benzene rings is 1. The average Bonchev–Trinajstić information content (AvgIpc) is 2.27. The molecule has 1 aromatic carbocycles. The van der Waals surface area contributed by atoms with E-state index in [2.05, 4.69) is 11.4 Å². The molecule has 1 N–H and O–H groups in total. The summed E-state index contributed by atoms with van der Waals surface area (Å²) in [5, 5.41) is 11.7. The fraction of sp³-hybridized carbons (Fsp3) is 0.333. The van der Waals surface area contributed by atoms with Crippen molar-refractivity contribution in [3.8, 4) is 6.07 Å². The number of nitrogens with one attached hydrogen (secondary N) is 1. The number of carbonyl (C=O) groups excluding carboxylic acids is 1. The first-order chi connectivity index (χ1) is 7.27.